The molecular weight excluding hydrogens is 530 g/mol. The summed E-state index contributed by atoms with van der Waals surface area (Å²) in [6, 6.07) is 40.2. The summed E-state index contributed by atoms with van der Waals surface area (Å²) in [6.45, 7) is 6.03. The molecule has 1 amide bonds. The number of nitrogens with zero attached hydrogens (tertiary/aromatic N) is 2. The normalized spacial score (nSPS) is 17.1. The van der Waals surface area contributed by atoms with Crippen LogP contribution in [-0.2, 0) is 6.54 Å². The van der Waals surface area contributed by atoms with Crippen molar-refractivity contribution in [2.45, 2.75) is 50.3 Å². The Bertz CT molecular complexity index is 1360. The molecule has 0 spiro atoms. The monoisotopic (exact) mass is 573 g/mol. The second-order valence-electron chi connectivity index (χ2n) is 12.0. The minimum absolute atomic E-state index is 0.00718. The van der Waals surface area contributed by atoms with Crippen LogP contribution in [0.15, 0.2) is 115 Å². The Hall–Kier alpha value is -3.93. The maximum atomic E-state index is 12.9. The van der Waals surface area contributed by atoms with E-state index < -0.39 is 0 Å². The number of piperidine rings is 2. The number of carbonyl (C=O) groups excluding carboxylic acids is 1. The molecular formula is C38H43N3O2. The van der Waals surface area contributed by atoms with E-state index in [9.17, 15) is 4.79 Å². The molecule has 6 rings (SSSR count). The summed E-state index contributed by atoms with van der Waals surface area (Å²) < 4.78 is 6.36. The summed E-state index contributed by atoms with van der Waals surface area (Å²) in [5.41, 5.74) is 4.77. The van der Waals surface area contributed by atoms with Crippen molar-refractivity contribution in [3.8, 4) is 5.75 Å². The van der Waals surface area contributed by atoms with Crippen LogP contribution in [-0.4, -0.2) is 60.6 Å². The van der Waals surface area contributed by atoms with Gasteiger partial charge in [-0.3, -0.25) is 9.69 Å². The highest BCUT2D eigenvalue weighted by molar-refractivity contribution is 5.94. The Kier molecular flexibility index (Phi) is 9.83. The lowest BCUT2D eigenvalue weighted by atomic mass is 9.90. The van der Waals surface area contributed by atoms with Gasteiger partial charge < -0.3 is 15.0 Å². The Morgan fingerprint density at radius 1 is 0.674 bits per heavy atom. The third kappa shape index (κ3) is 8.13. The van der Waals surface area contributed by atoms with Gasteiger partial charge in [-0.25, -0.2) is 0 Å². The first kappa shape index (κ1) is 29.2. The minimum Gasteiger partial charge on any atom is -0.490 e. The van der Waals surface area contributed by atoms with E-state index in [1.165, 1.54) is 16.7 Å². The largest absolute Gasteiger partial charge is 0.490 e. The molecule has 0 atom stereocenters. The molecule has 222 valence electrons. The molecule has 0 unspecified atom stereocenters. The fourth-order valence-electron chi connectivity index (χ4n) is 6.46. The smallest absolute Gasteiger partial charge is 0.251 e. The number of hydrogen-bond donors (Lipinski definition) is 1. The average Bonchev–Trinajstić information content (AvgIpc) is 3.07. The molecule has 2 saturated heterocycles. The topological polar surface area (TPSA) is 44.8 Å². The molecule has 1 N–H and O–H groups in total. The Morgan fingerprint density at radius 2 is 1.21 bits per heavy atom. The summed E-state index contributed by atoms with van der Waals surface area (Å²) in [5.74, 6) is 1.21. The van der Waals surface area contributed by atoms with Gasteiger partial charge >= 0.3 is 0 Å². The standard InChI is InChI=1S/C38H43N3O2/c42-38(39-34-20-24-40(25-21-34)28-30-10-4-1-5-11-30)33-16-18-35(19-17-33)43-36-22-26-41(27-23-36)29-37(31-12-6-2-7-13-31)32-14-8-3-9-15-32/h1-19,34,36-37H,20-29H2,(H,39,42). The molecule has 0 aliphatic carbocycles. The van der Waals surface area contributed by atoms with E-state index in [2.05, 4.69) is 106 Å². The number of ether oxygens (including phenoxy) is 1. The van der Waals surface area contributed by atoms with Gasteiger partial charge in [0.25, 0.3) is 5.91 Å². The molecule has 4 aromatic carbocycles. The highest BCUT2D eigenvalue weighted by Crippen LogP contribution is 2.28. The summed E-state index contributed by atoms with van der Waals surface area (Å²) in [4.78, 5) is 18.0. The van der Waals surface area contributed by atoms with Crippen LogP contribution < -0.4 is 10.1 Å². The van der Waals surface area contributed by atoms with Crippen molar-refractivity contribution in [1.82, 2.24) is 15.1 Å². The van der Waals surface area contributed by atoms with Gasteiger partial charge in [0, 0.05) is 56.8 Å². The molecule has 0 aromatic heterocycles. The van der Waals surface area contributed by atoms with Crippen molar-refractivity contribution in [3.05, 3.63) is 138 Å². The molecule has 0 saturated carbocycles. The van der Waals surface area contributed by atoms with Crippen molar-refractivity contribution in [2.75, 3.05) is 32.7 Å². The zero-order valence-electron chi connectivity index (χ0n) is 25.0. The lowest BCUT2D eigenvalue weighted by molar-refractivity contribution is 0.0908. The average molecular weight is 574 g/mol. The number of rotatable bonds is 10. The van der Waals surface area contributed by atoms with Crippen LogP contribution in [0.3, 0.4) is 0 Å². The summed E-state index contributed by atoms with van der Waals surface area (Å²) in [6.07, 6.45) is 4.17. The van der Waals surface area contributed by atoms with Crippen molar-refractivity contribution in [2.24, 2.45) is 0 Å². The molecule has 43 heavy (non-hydrogen) atoms. The van der Waals surface area contributed by atoms with E-state index in [-0.39, 0.29) is 18.1 Å². The fraction of sp³-hybridized carbons (Fsp3) is 0.342. The van der Waals surface area contributed by atoms with E-state index >= 15 is 0 Å². The predicted octanol–water partition coefficient (Wildman–Crippen LogP) is 6.76. The van der Waals surface area contributed by atoms with Crippen LogP contribution in [0.25, 0.3) is 0 Å². The molecule has 5 nitrogen and oxygen atoms in total. The fourth-order valence-corrected chi connectivity index (χ4v) is 6.46. The van der Waals surface area contributed by atoms with Crippen molar-refractivity contribution in [3.63, 3.8) is 0 Å². The SMILES string of the molecule is O=C(NC1CCN(Cc2ccccc2)CC1)c1ccc(OC2CCN(CC(c3ccccc3)c3ccccc3)CC2)cc1. The van der Waals surface area contributed by atoms with Crippen molar-refractivity contribution < 1.29 is 9.53 Å². The van der Waals surface area contributed by atoms with Crippen LogP contribution in [0.4, 0.5) is 0 Å². The lowest BCUT2D eigenvalue weighted by Crippen LogP contribution is -2.44. The molecule has 4 aromatic rings. The maximum Gasteiger partial charge on any atom is 0.251 e. The van der Waals surface area contributed by atoms with Crippen LogP contribution in [0.2, 0.25) is 0 Å². The number of nitrogens with one attached hydrogen (secondary N) is 1. The first-order valence-electron chi connectivity index (χ1n) is 15.9. The van der Waals surface area contributed by atoms with E-state index in [0.29, 0.717) is 11.5 Å². The van der Waals surface area contributed by atoms with Crippen molar-refractivity contribution in [1.29, 1.82) is 0 Å². The van der Waals surface area contributed by atoms with E-state index in [1.54, 1.807) is 0 Å². The lowest BCUT2D eigenvalue weighted by Gasteiger charge is -2.34. The Balaban J connectivity index is 0.946. The summed E-state index contributed by atoms with van der Waals surface area (Å²) >= 11 is 0. The van der Waals surface area contributed by atoms with Gasteiger partial charge in [0.1, 0.15) is 11.9 Å². The zero-order chi connectivity index (χ0) is 29.3. The molecule has 2 heterocycles. The molecule has 5 heteroatoms. The summed E-state index contributed by atoms with van der Waals surface area (Å²) in [7, 11) is 0. The number of benzene rings is 4. The van der Waals surface area contributed by atoms with Crippen LogP contribution in [0.1, 0.15) is 58.6 Å². The Labute approximate surface area is 256 Å². The maximum absolute atomic E-state index is 12.9. The van der Waals surface area contributed by atoms with Crippen LogP contribution in [0.5, 0.6) is 5.75 Å². The quantitative estimate of drug-likeness (QED) is 0.228. The molecule has 2 aliphatic rings. The van der Waals surface area contributed by atoms with Gasteiger partial charge in [0.2, 0.25) is 0 Å². The van der Waals surface area contributed by atoms with E-state index in [1.807, 2.05) is 24.3 Å². The van der Waals surface area contributed by atoms with Gasteiger partial charge in [0.05, 0.1) is 0 Å². The third-order valence-corrected chi connectivity index (χ3v) is 8.97. The van der Waals surface area contributed by atoms with Gasteiger partial charge in [-0.15, -0.1) is 0 Å². The van der Waals surface area contributed by atoms with E-state index in [4.69, 9.17) is 4.74 Å². The zero-order valence-corrected chi connectivity index (χ0v) is 25.0. The van der Waals surface area contributed by atoms with Gasteiger partial charge in [-0.05, 0) is 66.6 Å². The number of likely N-dealkylation sites (tertiary alicyclic amines) is 2. The highest BCUT2D eigenvalue weighted by Gasteiger charge is 2.25. The van der Waals surface area contributed by atoms with Crippen LogP contribution in [0, 0.1) is 0 Å². The number of amides is 1. The van der Waals surface area contributed by atoms with Gasteiger partial charge in [-0.1, -0.05) is 91.0 Å². The second kappa shape index (κ2) is 14.5. The second-order valence-corrected chi connectivity index (χ2v) is 12.0. The van der Waals surface area contributed by atoms with Gasteiger partial charge in [0.15, 0.2) is 0 Å². The summed E-state index contributed by atoms with van der Waals surface area (Å²) in [5, 5.41) is 3.25. The Morgan fingerprint density at radius 3 is 1.79 bits per heavy atom. The van der Waals surface area contributed by atoms with Crippen LogP contribution >= 0.6 is 0 Å². The number of carbonyl (C=O) groups is 1. The first-order chi connectivity index (χ1) is 21.2. The number of hydrogen-bond acceptors (Lipinski definition) is 4. The minimum atomic E-state index is 0.00718. The molecule has 2 fully saturated rings. The third-order valence-electron chi connectivity index (χ3n) is 8.97. The predicted molar refractivity (Wildman–Crippen MR) is 173 cm³/mol. The highest BCUT2D eigenvalue weighted by atomic mass is 16.5. The van der Waals surface area contributed by atoms with Crippen molar-refractivity contribution >= 4 is 5.91 Å². The van der Waals surface area contributed by atoms with Gasteiger partial charge in [-0.2, -0.15) is 0 Å². The first-order valence-corrected chi connectivity index (χ1v) is 15.9. The molecule has 2 aliphatic heterocycles. The molecule has 0 bridgehead atoms. The molecule has 0 radical (unpaired) electrons. The van der Waals surface area contributed by atoms with E-state index in [0.717, 1.165) is 70.7 Å².